The molecule has 0 aromatic carbocycles. The number of carbonyl (C=O) groups excluding carboxylic acids is 1. The Labute approximate surface area is 24.1 Å². The number of hydrogen-bond donors (Lipinski definition) is 0. The van der Waals surface area contributed by atoms with Gasteiger partial charge in [-0.1, -0.05) is 0 Å². The van der Waals surface area contributed by atoms with Crippen molar-refractivity contribution in [2.45, 2.75) is 0 Å². The van der Waals surface area contributed by atoms with E-state index in [0.717, 1.165) is 0 Å². The van der Waals surface area contributed by atoms with Crippen molar-refractivity contribution in [1.29, 1.82) is 0 Å². The Morgan fingerprint density at radius 1 is 1.80 bits per heavy atom. The first kappa shape index (κ1) is 10.2. The molecule has 0 aliphatic rings. The van der Waals surface area contributed by atoms with Crippen molar-refractivity contribution in [3.8, 4) is 0 Å². The summed E-state index contributed by atoms with van der Waals surface area (Å²) < 4.78 is 0. The molecule has 5 heavy (non-hydrogen) atoms. The van der Waals surface area contributed by atoms with E-state index >= 15 is 0 Å². The van der Waals surface area contributed by atoms with Crippen LogP contribution in [0.2, 0.25) is 0 Å². The van der Waals surface area contributed by atoms with E-state index in [4.69, 9.17) is 9.90 Å². The second-order valence-corrected chi connectivity index (χ2v) is 0.372. The van der Waals surface area contributed by atoms with Crippen molar-refractivity contribution in [3.05, 3.63) is 6.92 Å². The first-order valence-corrected chi connectivity index (χ1v) is 0.762. The normalized spacial score (nSPS) is 4.80. The van der Waals surface area contributed by atoms with Gasteiger partial charge in [0.2, 0.25) is 0 Å². The summed E-state index contributed by atoms with van der Waals surface area (Å²) in [5, 5.41) is 8.78. The predicted octanol–water partition coefficient (Wildman–Crippen LogP) is -1.43. The van der Waals surface area contributed by atoms with Crippen molar-refractivity contribution < 1.29 is 9.90 Å². The SMILES string of the molecule is [CH2-]C(=O)[O-].[Fm]. The van der Waals surface area contributed by atoms with Crippen molar-refractivity contribution in [2.75, 3.05) is 0 Å². The summed E-state index contributed by atoms with van der Waals surface area (Å²) in [5.74, 6) is -1.33. The Morgan fingerprint density at radius 3 is 1.80 bits per heavy atom. The third-order valence-corrected chi connectivity index (χ3v) is 0. The molecule has 0 bridgehead atoms. The number of carboxylic acid groups (broad SMARTS) is 1. The molecule has 0 radical (unpaired) electrons. The monoisotopic (exact) mass is 315 g/mol. The second-order valence-electron chi connectivity index (χ2n) is 0.372. The minimum atomic E-state index is -1.33. The number of carboxylic acids is 1. The Bertz CT molecular complexity index is 30.6. The van der Waals surface area contributed by atoms with Crippen LogP contribution in [-0.2, 0) is 4.79 Å². The molecular weight excluding hydrogens is 313 g/mol. The average molecular weight is 315 g/mol. The molecule has 0 fully saturated rings. The molecule has 0 aromatic heterocycles. The van der Waals surface area contributed by atoms with E-state index < -0.39 is 5.97 Å². The van der Waals surface area contributed by atoms with Gasteiger partial charge in [-0.2, -0.15) is 0 Å². The van der Waals surface area contributed by atoms with Gasteiger partial charge in [-0.05, 0) is 0 Å². The molecular formula is C2H2FmO2-2. The van der Waals surface area contributed by atoms with E-state index in [1.54, 1.807) is 0 Å². The summed E-state index contributed by atoms with van der Waals surface area (Å²) in [6.45, 7) is 2.44. The van der Waals surface area contributed by atoms with Gasteiger partial charge in [-0.3, -0.25) is 0 Å². The van der Waals surface area contributed by atoms with Gasteiger partial charge in [0.05, 0.1) is 0 Å². The van der Waals surface area contributed by atoms with Gasteiger partial charge in [0.15, 0.2) is 0 Å². The minimum absolute atomic E-state index is 0. The fourth-order valence-electron chi connectivity index (χ4n) is 0. The van der Waals surface area contributed by atoms with Gasteiger partial charge >= 0.3 is 0 Å². The van der Waals surface area contributed by atoms with Crippen LogP contribution in [-0.4, -0.2) is 5.97 Å². The Balaban J connectivity index is 0. The van der Waals surface area contributed by atoms with Gasteiger partial charge in [0, 0.05) is 0 Å². The summed E-state index contributed by atoms with van der Waals surface area (Å²) in [6.07, 6.45) is 0. The molecule has 0 atom stereocenters. The molecule has 0 heterocycles. The van der Waals surface area contributed by atoms with Crippen LogP contribution in [0.25, 0.3) is 0 Å². The average Bonchev–Trinajstić information content (AvgIpc) is 0.811. The van der Waals surface area contributed by atoms with Gasteiger partial charge < -0.3 is 16.8 Å². The van der Waals surface area contributed by atoms with Crippen molar-refractivity contribution in [1.82, 2.24) is 0 Å². The smallest absolute Gasteiger partial charge is 0 e. The number of hydrogen-bond acceptors (Lipinski definition) is 2. The Kier molecular flexibility index (Phi) is 4.77. The van der Waals surface area contributed by atoms with Gasteiger partial charge in [-0.25, -0.2) is 0 Å². The minimum Gasteiger partial charge on any atom is -0.584 e. The Morgan fingerprint density at radius 2 is 1.80 bits per heavy atom. The molecule has 2 nitrogen and oxygen atoms in total. The number of aliphatic carboxylic acids is 1. The van der Waals surface area contributed by atoms with Crippen LogP contribution < -0.4 is 5.11 Å². The van der Waals surface area contributed by atoms with Crippen LogP contribution in [0.15, 0.2) is 0 Å². The molecule has 0 saturated heterocycles. The first-order valence-electron chi connectivity index (χ1n) is 0.762. The Hall–Kier alpha value is -1.66. The van der Waals surface area contributed by atoms with E-state index in [-0.39, 0.29) is 0 Å². The maximum absolute atomic E-state index is 8.78. The third kappa shape index (κ3) is 0.0982. The molecule has 36 valence electrons. The van der Waals surface area contributed by atoms with E-state index in [0.29, 0.717) is 0 Å². The zero-order chi connectivity index (χ0) is 3.58. The predicted molar refractivity (Wildman–Crippen MR) is 10.4 cm³/mol. The fourth-order valence-corrected chi connectivity index (χ4v) is 0. The van der Waals surface area contributed by atoms with Crippen LogP contribution in [0.5, 0.6) is 0 Å². The summed E-state index contributed by atoms with van der Waals surface area (Å²) in [4.78, 5) is 8.78. The number of rotatable bonds is 0. The van der Waals surface area contributed by atoms with E-state index in [2.05, 4.69) is 6.92 Å². The molecule has 0 amide bonds. The molecule has 0 spiro atoms. The van der Waals surface area contributed by atoms with Gasteiger partial charge in [0.1, 0.15) is 0 Å². The molecule has 0 aromatic rings. The molecule has 0 saturated carbocycles. The van der Waals surface area contributed by atoms with Crippen LogP contribution >= 0.6 is 0 Å². The fraction of sp³-hybridized carbons (Fsp3) is 0. The second kappa shape index (κ2) is 2.34. The quantitative estimate of drug-likeness (QED) is 0.514. The standard InChI is InChI=1S/C2H3O2.Fm/c1-2(3)4;/h1H2,(H,3,4);/q-1;/p-1. The molecule has 0 rings (SSSR count). The van der Waals surface area contributed by atoms with Gasteiger partial charge in [0.25, 0.3) is 0 Å². The molecule has 3 heteroatoms. The van der Waals surface area contributed by atoms with Crippen LogP contribution in [0, 0.1) is 6.92 Å². The van der Waals surface area contributed by atoms with Crippen molar-refractivity contribution in [3.63, 3.8) is 0 Å². The third-order valence-electron chi connectivity index (χ3n) is 0. The molecule has 0 aliphatic heterocycles. The summed E-state index contributed by atoms with van der Waals surface area (Å²) in [6, 6.07) is 0. The van der Waals surface area contributed by atoms with E-state index in [1.807, 2.05) is 0 Å². The maximum atomic E-state index is 8.78. The van der Waals surface area contributed by atoms with E-state index in [1.165, 1.54) is 0 Å². The van der Waals surface area contributed by atoms with Crippen molar-refractivity contribution in [2.24, 2.45) is 0 Å². The summed E-state index contributed by atoms with van der Waals surface area (Å²) in [5.41, 5.74) is 0. The summed E-state index contributed by atoms with van der Waals surface area (Å²) >= 11 is 0. The topological polar surface area (TPSA) is 40.1 Å². The largest absolute Gasteiger partial charge is 0.584 e. The molecule has 0 aliphatic carbocycles. The maximum Gasteiger partial charge on any atom is 0 e. The molecule has 0 N–H and O–H groups in total. The van der Waals surface area contributed by atoms with Crippen LogP contribution in [0.1, 0.15) is 0 Å². The summed E-state index contributed by atoms with van der Waals surface area (Å²) in [7, 11) is 0. The first-order chi connectivity index (χ1) is 1.73. The van der Waals surface area contributed by atoms with Gasteiger partial charge in [-0.15, -0.1) is 5.97 Å². The van der Waals surface area contributed by atoms with E-state index in [9.17, 15) is 0 Å². The molecule has 0 unspecified atom stereocenters. The van der Waals surface area contributed by atoms with Crippen molar-refractivity contribution >= 4 is 5.97 Å². The van der Waals surface area contributed by atoms with Crippen LogP contribution in [0.3, 0.4) is 0 Å². The van der Waals surface area contributed by atoms with Crippen LogP contribution in [0.4, 0.5) is 0 Å². The zero-order valence-corrected chi connectivity index (χ0v) is 4.72. The number of carbonyl (C=O) groups is 1. The zero-order valence-electron chi connectivity index (χ0n) is 2.31.